The molecule has 0 N–H and O–H groups in total. The highest BCUT2D eigenvalue weighted by molar-refractivity contribution is 5.92. The van der Waals surface area contributed by atoms with E-state index in [1.165, 1.54) is 0 Å². The van der Waals surface area contributed by atoms with Crippen LogP contribution in [0, 0.1) is 0 Å². The predicted molar refractivity (Wildman–Crippen MR) is 65.3 cm³/mol. The van der Waals surface area contributed by atoms with E-state index in [1.807, 2.05) is 0 Å². The Hall–Kier alpha value is -1.90. The lowest BCUT2D eigenvalue weighted by atomic mass is 10.4. The Balaban J connectivity index is -0.0000000650. The van der Waals surface area contributed by atoms with Gasteiger partial charge >= 0.3 is 11.9 Å². The molecule has 1 aliphatic rings. The van der Waals surface area contributed by atoms with Gasteiger partial charge < -0.3 is 4.74 Å². The van der Waals surface area contributed by atoms with Gasteiger partial charge in [-0.05, 0) is 0 Å². The molecule has 1 saturated heterocycles. The first-order chi connectivity index (χ1) is 7.29. The number of ether oxygens (including phenoxy) is 1. The third-order valence-electron chi connectivity index (χ3n) is 0.761. The average Bonchev–Trinajstić information content (AvgIpc) is 2.73. The summed E-state index contributed by atoms with van der Waals surface area (Å²) in [6, 6.07) is 0. The third-order valence-corrected chi connectivity index (χ3v) is 0.761. The second kappa shape index (κ2) is 29.6. The van der Waals surface area contributed by atoms with Crippen LogP contribution in [0.3, 0.4) is 0 Å². The van der Waals surface area contributed by atoms with Crippen molar-refractivity contribution in [3.8, 4) is 0 Å². The summed E-state index contributed by atoms with van der Waals surface area (Å²) in [5, 5.41) is 0. The molecule has 1 heterocycles. The van der Waals surface area contributed by atoms with Gasteiger partial charge in [0.1, 0.15) is 0 Å². The smallest absolute Gasteiger partial charge is 0.314 e. The fraction of sp³-hybridized carbons (Fsp3) is 0.167. The summed E-state index contributed by atoms with van der Waals surface area (Å²) in [6.45, 7) is 24.0. The number of rotatable bonds is 0. The van der Waals surface area contributed by atoms with Crippen molar-refractivity contribution in [2.45, 2.75) is 12.8 Å². The zero-order valence-corrected chi connectivity index (χ0v) is 9.30. The summed E-state index contributed by atoms with van der Waals surface area (Å²) >= 11 is 0. The Kier molecular flexibility index (Phi) is 45.7. The lowest BCUT2D eigenvalue weighted by Crippen LogP contribution is -1.94. The SMILES string of the molecule is C=C.C=C.C=C.C=C.O=C1CCC(=O)O1. The second-order valence-electron chi connectivity index (χ2n) is 1.35. The molecule has 3 heteroatoms. The molecule has 0 aromatic heterocycles. The van der Waals surface area contributed by atoms with E-state index in [0.717, 1.165) is 0 Å². The number of esters is 2. The molecule has 1 fully saturated rings. The highest BCUT2D eigenvalue weighted by Gasteiger charge is 2.19. The van der Waals surface area contributed by atoms with Crippen LogP contribution in [-0.4, -0.2) is 11.9 Å². The van der Waals surface area contributed by atoms with Gasteiger partial charge in [-0.25, -0.2) is 0 Å². The lowest BCUT2D eigenvalue weighted by Gasteiger charge is -1.79. The number of carbonyl (C=O) groups is 2. The van der Waals surface area contributed by atoms with Crippen molar-refractivity contribution in [1.29, 1.82) is 0 Å². The topological polar surface area (TPSA) is 43.4 Å². The maximum Gasteiger partial charge on any atom is 0.314 e. The highest BCUT2D eigenvalue weighted by atomic mass is 16.6. The first-order valence-electron chi connectivity index (χ1n) is 4.02. The number of hydrogen-bond donors (Lipinski definition) is 0. The van der Waals surface area contributed by atoms with Crippen molar-refractivity contribution < 1.29 is 14.3 Å². The third kappa shape index (κ3) is 24.5. The maximum atomic E-state index is 10.0. The van der Waals surface area contributed by atoms with E-state index >= 15 is 0 Å². The molecule has 0 bridgehead atoms. The Morgan fingerprint density at radius 2 is 0.867 bits per heavy atom. The summed E-state index contributed by atoms with van der Waals surface area (Å²) in [6.07, 6.45) is 0.525. The Morgan fingerprint density at radius 3 is 0.933 bits per heavy atom. The summed E-state index contributed by atoms with van der Waals surface area (Å²) in [5.41, 5.74) is 0. The number of carbonyl (C=O) groups excluding carboxylic acids is 2. The molecule has 0 aromatic carbocycles. The first kappa shape index (κ1) is 23.2. The highest BCUT2D eigenvalue weighted by Crippen LogP contribution is 2.03. The molecule has 0 radical (unpaired) electrons. The van der Waals surface area contributed by atoms with Crippen LogP contribution in [0.2, 0.25) is 0 Å². The minimum atomic E-state index is -0.398. The summed E-state index contributed by atoms with van der Waals surface area (Å²) in [4.78, 5) is 20.0. The molecule has 0 atom stereocenters. The minimum absolute atomic E-state index is 0.263. The van der Waals surface area contributed by atoms with Crippen LogP contribution in [0.4, 0.5) is 0 Å². The van der Waals surface area contributed by atoms with Crippen LogP contribution in [0.25, 0.3) is 0 Å². The molecule has 0 aliphatic carbocycles. The molecule has 86 valence electrons. The summed E-state index contributed by atoms with van der Waals surface area (Å²) in [7, 11) is 0. The van der Waals surface area contributed by atoms with Crippen molar-refractivity contribution in [3.63, 3.8) is 0 Å². The van der Waals surface area contributed by atoms with Gasteiger partial charge in [-0.3, -0.25) is 9.59 Å². The van der Waals surface area contributed by atoms with E-state index in [-0.39, 0.29) is 12.8 Å². The van der Waals surface area contributed by atoms with E-state index < -0.39 is 11.9 Å². The van der Waals surface area contributed by atoms with Crippen LogP contribution >= 0.6 is 0 Å². The Labute approximate surface area is 92.4 Å². The molecule has 1 rings (SSSR count). The molecule has 3 nitrogen and oxygen atoms in total. The summed E-state index contributed by atoms with van der Waals surface area (Å²) in [5.74, 6) is -0.796. The van der Waals surface area contributed by atoms with Crippen molar-refractivity contribution in [3.05, 3.63) is 52.6 Å². The van der Waals surface area contributed by atoms with E-state index in [1.54, 1.807) is 0 Å². The molecule has 0 spiro atoms. The zero-order chi connectivity index (χ0) is 13.3. The quantitative estimate of drug-likeness (QED) is 0.352. The molecule has 0 amide bonds. The fourth-order valence-corrected chi connectivity index (χ4v) is 0.433. The van der Waals surface area contributed by atoms with Crippen molar-refractivity contribution >= 4 is 11.9 Å². The Bertz CT molecular complexity index is 142. The van der Waals surface area contributed by atoms with Gasteiger partial charge in [0.05, 0.1) is 12.8 Å². The van der Waals surface area contributed by atoms with Gasteiger partial charge in [0.2, 0.25) is 0 Å². The van der Waals surface area contributed by atoms with Crippen LogP contribution in [-0.2, 0) is 14.3 Å². The van der Waals surface area contributed by atoms with E-state index in [2.05, 4.69) is 57.4 Å². The molecule has 0 aromatic rings. The zero-order valence-electron chi connectivity index (χ0n) is 9.30. The van der Waals surface area contributed by atoms with Gasteiger partial charge in [-0.2, -0.15) is 0 Å². The van der Waals surface area contributed by atoms with Crippen LogP contribution in [0.5, 0.6) is 0 Å². The fourth-order valence-electron chi connectivity index (χ4n) is 0.433. The largest absolute Gasteiger partial charge is 0.393 e. The van der Waals surface area contributed by atoms with Crippen LogP contribution < -0.4 is 0 Å². The van der Waals surface area contributed by atoms with Gasteiger partial charge in [-0.1, -0.05) is 0 Å². The van der Waals surface area contributed by atoms with Gasteiger partial charge in [0, 0.05) is 0 Å². The average molecular weight is 212 g/mol. The normalized spacial score (nSPS) is 10.4. The molecule has 1 aliphatic heterocycles. The Morgan fingerprint density at radius 1 is 0.667 bits per heavy atom. The van der Waals surface area contributed by atoms with Crippen LogP contribution in [0.15, 0.2) is 52.6 Å². The minimum Gasteiger partial charge on any atom is -0.393 e. The van der Waals surface area contributed by atoms with Crippen LogP contribution in [0.1, 0.15) is 12.8 Å². The molecule has 0 saturated carbocycles. The van der Waals surface area contributed by atoms with Gasteiger partial charge in [-0.15, -0.1) is 52.6 Å². The predicted octanol–water partition coefficient (Wildman–Crippen LogP) is 3.06. The monoisotopic (exact) mass is 212 g/mol. The summed E-state index contributed by atoms with van der Waals surface area (Å²) < 4.78 is 4.08. The second-order valence-corrected chi connectivity index (χ2v) is 1.35. The van der Waals surface area contributed by atoms with Crippen molar-refractivity contribution in [2.75, 3.05) is 0 Å². The van der Waals surface area contributed by atoms with Crippen molar-refractivity contribution in [1.82, 2.24) is 0 Å². The number of hydrogen-bond acceptors (Lipinski definition) is 3. The van der Waals surface area contributed by atoms with Gasteiger partial charge in [0.25, 0.3) is 0 Å². The molecular weight excluding hydrogens is 192 g/mol. The number of cyclic esters (lactones) is 2. The van der Waals surface area contributed by atoms with Gasteiger partial charge in [0.15, 0.2) is 0 Å². The standard InChI is InChI=1S/C4H4O3.4C2H4/c5-3-1-2-4(6)7-3;4*1-2/h1-2H2;4*1-2H2. The van der Waals surface area contributed by atoms with E-state index in [4.69, 9.17) is 0 Å². The maximum absolute atomic E-state index is 10.0. The molecule has 15 heavy (non-hydrogen) atoms. The molecular formula is C12H20O3. The molecule has 0 unspecified atom stereocenters. The van der Waals surface area contributed by atoms with Crippen molar-refractivity contribution in [2.24, 2.45) is 0 Å². The van der Waals surface area contributed by atoms with E-state index in [0.29, 0.717) is 0 Å². The van der Waals surface area contributed by atoms with E-state index in [9.17, 15) is 9.59 Å². The first-order valence-corrected chi connectivity index (χ1v) is 4.02. The lowest BCUT2D eigenvalue weighted by molar-refractivity contribution is -0.151.